The molecule has 1 N–H and O–H groups in total. The molecule has 1 saturated heterocycles. The van der Waals surface area contributed by atoms with Crippen molar-refractivity contribution >= 4 is 29.9 Å². The van der Waals surface area contributed by atoms with Gasteiger partial charge in [0.1, 0.15) is 12.2 Å². The van der Waals surface area contributed by atoms with E-state index in [-0.39, 0.29) is 30.2 Å². The van der Waals surface area contributed by atoms with Crippen LogP contribution in [0, 0.1) is 0 Å². The molecule has 0 spiro atoms. The number of imide groups is 2. The van der Waals surface area contributed by atoms with Gasteiger partial charge < -0.3 is 19.4 Å². The number of benzene rings is 1. The molecule has 9 nitrogen and oxygen atoms in total. The van der Waals surface area contributed by atoms with Gasteiger partial charge in [-0.15, -0.1) is 6.58 Å². The van der Waals surface area contributed by atoms with Crippen LogP contribution in [-0.4, -0.2) is 48.5 Å². The summed E-state index contributed by atoms with van der Waals surface area (Å²) < 4.78 is 10.5. The number of nitrogens with zero attached hydrogens (tertiary/aromatic N) is 1. The van der Waals surface area contributed by atoms with Crippen LogP contribution in [0.3, 0.4) is 0 Å². The number of ether oxygens (including phenoxy) is 2. The summed E-state index contributed by atoms with van der Waals surface area (Å²) in [5.74, 6) is -2.55. The predicted molar refractivity (Wildman–Crippen MR) is 91.5 cm³/mol. The number of hydrogen-bond acceptors (Lipinski definition) is 7. The second-order valence-electron chi connectivity index (χ2n) is 5.32. The maximum Gasteiger partial charge on any atom is 0.331 e. The molecule has 0 aromatic heterocycles. The van der Waals surface area contributed by atoms with Gasteiger partial charge in [0.05, 0.1) is 12.6 Å². The van der Waals surface area contributed by atoms with Crippen molar-refractivity contribution < 1.29 is 33.8 Å². The Morgan fingerprint density at radius 1 is 1.26 bits per heavy atom. The molecular weight excluding hydrogens is 356 g/mol. The number of barbiturate groups is 1. The summed E-state index contributed by atoms with van der Waals surface area (Å²) in [6, 6.07) is 3.62. The van der Waals surface area contributed by atoms with Crippen molar-refractivity contribution in [3.8, 4) is 11.5 Å². The first-order chi connectivity index (χ1) is 12.9. The largest absolute Gasteiger partial charge is 0.546 e. The van der Waals surface area contributed by atoms with E-state index in [1.807, 2.05) is 0 Å². The van der Waals surface area contributed by atoms with Gasteiger partial charge in [0.2, 0.25) is 0 Å². The normalized spacial score (nSPS) is 15.5. The topological polar surface area (TPSA) is 125 Å². The van der Waals surface area contributed by atoms with Crippen molar-refractivity contribution in [2.24, 2.45) is 0 Å². The first-order valence-corrected chi connectivity index (χ1v) is 7.96. The van der Waals surface area contributed by atoms with E-state index in [2.05, 4.69) is 11.9 Å². The molecule has 1 aromatic rings. The third kappa shape index (κ3) is 4.72. The average Bonchev–Trinajstić information content (AvgIpc) is 2.61. The lowest BCUT2D eigenvalue weighted by molar-refractivity contribution is -0.307. The molecule has 1 aromatic carbocycles. The summed E-state index contributed by atoms with van der Waals surface area (Å²) in [6.07, 6.45) is 2.66. The number of rotatable bonds is 8. The fourth-order valence-corrected chi connectivity index (χ4v) is 2.29. The first kappa shape index (κ1) is 19.7. The number of carbonyl (C=O) groups excluding carboxylic acids is 4. The highest BCUT2D eigenvalue weighted by molar-refractivity contribution is 6.31. The van der Waals surface area contributed by atoms with Gasteiger partial charge in [-0.3, -0.25) is 19.8 Å². The SMILES string of the molecule is C=CCN1C(=O)NC(=O)/C(=C/c2ccc(OCC(=O)[O-])c(OCC)c2)C1=O. The molecule has 4 amide bonds. The molecule has 142 valence electrons. The number of carboxylic acid groups (broad SMARTS) is 1. The standard InChI is InChI=1S/C18H18N2O7/c1-3-7-20-17(24)12(16(23)19-18(20)25)8-11-5-6-13(27-10-15(21)22)14(9-11)26-4-2/h3,5-6,8-9H,1,4,7,10H2,2H3,(H,21,22)(H,19,23,25)/p-1/b12-8-. The second-order valence-corrected chi connectivity index (χ2v) is 5.32. The molecule has 1 aliphatic rings. The highest BCUT2D eigenvalue weighted by Crippen LogP contribution is 2.29. The molecule has 0 saturated carbocycles. The Balaban J connectivity index is 2.35. The van der Waals surface area contributed by atoms with Gasteiger partial charge in [0.25, 0.3) is 11.8 Å². The molecule has 0 aliphatic carbocycles. The quantitative estimate of drug-likeness (QED) is 0.382. The number of amides is 4. The van der Waals surface area contributed by atoms with Crippen molar-refractivity contribution in [2.75, 3.05) is 19.8 Å². The van der Waals surface area contributed by atoms with E-state index >= 15 is 0 Å². The van der Waals surface area contributed by atoms with E-state index in [9.17, 15) is 24.3 Å². The maximum atomic E-state index is 12.4. The zero-order chi connectivity index (χ0) is 20.0. The zero-order valence-electron chi connectivity index (χ0n) is 14.5. The minimum atomic E-state index is -1.39. The first-order valence-electron chi connectivity index (χ1n) is 7.96. The molecule has 0 radical (unpaired) electrons. The monoisotopic (exact) mass is 373 g/mol. The number of nitrogens with one attached hydrogen (secondary N) is 1. The minimum absolute atomic E-state index is 0.0461. The number of hydrogen-bond donors (Lipinski definition) is 1. The van der Waals surface area contributed by atoms with E-state index < -0.39 is 30.4 Å². The molecule has 9 heteroatoms. The van der Waals surface area contributed by atoms with Gasteiger partial charge in [0, 0.05) is 6.54 Å². The van der Waals surface area contributed by atoms with Crippen LogP contribution in [0.4, 0.5) is 4.79 Å². The van der Waals surface area contributed by atoms with Crippen molar-refractivity contribution in [3.05, 3.63) is 42.0 Å². The summed E-state index contributed by atoms with van der Waals surface area (Å²) in [5.41, 5.74) is 0.188. The Hall–Kier alpha value is -3.62. The van der Waals surface area contributed by atoms with Crippen LogP contribution in [0.15, 0.2) is 36.4 Å². The van der Waals surface area contributed by atoms with Gasteiger partial charge in [-0.2, -0.15) is 0 Å². The molecular formula is C18H17N2O7-. The van der Waals surface area contributed by atoms with Gasteiger partial charge in [-0.25, -0.2) is 4.79 Å². The van der Waals surface area contributed by atoms with Crippen LogP contribution in [0.2, 0.25) is 0 Å². The summed E-state index contributed by atoms with van der Waals surface area (Å²) in [6.45, 7) is 4.78. The summed E-state index contributed by atoms with van der Waals surface area (Å²) in [5, 5.41) is 12.6. The average molecular weight is 373 g/mol. The van der Waals surface area contributed by atoms with Crippen LogP contribution in [0.1, 0.15) is 12.5 Å². The third-order valence-corrected chi connectivity index (χ3v) is 3.42. The van der Waals surface area contributed by atoms with Crippen LogP contribution in [0.25, 0.3) is 6.08 Å². The number of carbonyl (C=O) groups is 4. The number of aliphatic carboxylic acids is 1. The summed E-state index contributed by atoms with van der Waals surface area (Å²) >= 11 is 0. The van der Waals surface area contributed by atoms with E-state index in [0.717, 1.165) is 4.90 Å². The van der Waals surface area contributed by atoms with Crippen molar-refractivity contribution in [3.63, 3.8) is 0 Å². The number of carboxylic acids is 1. The molecule has 0 atom stereocenters. The molecule has 1 heterocycles. The zero-order valence-corrected chi connectivity index (χ0v) is 14.5. The van der Waals surface area contributed by atoms with Gasteiger partial charge in [-0.1, -0.05) is 12.1 Å². The van der Waals surface area contributed by atoms with Gasteiger partial charge in [-0.05, 0) is 30.7 Å². The van der Waals surface area contributed by atoms with E-state index in [1.165, 1.54) is 30.4 Å². The van der Waals surface area contributed by atoms with E-state index in [4.69, 9.17) is 9.47 Å². The van der Waals surface area contributed by atoms with Crippen molar-refractivity contribution in [2.45, 2.75) is 6.92 Å². The Morgan fingerprint density at radius 2 is 2.00 bits per heavy atom. The van der Waals surface area contributed by atoms with Gasteiger partial charge in [0.15, 0.2) is 11.5 Å². The van der Waals surface area contributed by atoms with Crippen molar-refractivity contribution in [1.82, 2.24) is 10.2 Å². The lowest BCUT2D eigenvalue weighted by atomic mass is 10.1. The van der Waals surface area contributed by atoms with E-state index in [1.54, 1.807) is 6.92 Å². The molecule has 2 rings (SSSR count). The fraction of sp³-hybridized carbons (Fsp3) is 0.222. The number of urea groups is 1. The Labute approximate surface area is 154 Å². The molecule has 1 fully saturated rings. The summed E-state index contributed by atoms with van der Waals surface area (Å²) in [4.78, 5) is 47.5. The molecule has 0 unspecified atom stereocenters. The summed E-state index contributed by atoms with van der Waals surface area (Å²) in [7, 11) is 0. The van der Waals surface area contributed by atoms with Crippen LogP contribution < -0.4 is 19.9 Å². The van der Waals surface area contributed by atoms with Crippen LogP contribution in [0.5, 0.6) is 11.5 Å². The van der Waals surface area contributed by atoms with Gasteiger partial charge >= 0.3 is 6.03 Å². The Morgan fingerprint density at radius 3 is 2.63 bits per heavy atom. The fourth-order valence-electron chi connectivity index (χ4n) is 2.29. The molecule has 0 bridgehead atoms. The van der Waals surface area contributed by atoms with Crippen molar-refractivity contribution in [1.29, 1.82) is 0 Å². The predicted octanol–water partition coefficient (Wildman–Crippen LogP) is -0.138. The second kappa shape index (κ2) is 8.65. The lowest BCUT2D eigenvalue weighted by Crippen LogP contribution is -2.54. The highest BCUT2D eigenvalue weighted by Gasteiger charge is 2.34. The minimum Gasteiger partial charge on any atom is -0.546 e. The lowest BCUT2D eigenvalue weighted by Gasteiger charge is -2.25. The Bertz CT molecular complexity index is 829. The Kier molecular flexibility index (Phi) is 6.32. The highest BCUT2D eigenvalue weighted by atomic mass is 16.5. The van der Waals surface area contributed by atoms with E-state index in [0.29, 0.717) is 5.56 Å². The third-order valence-electron chi connectivity index (χ3n) is 3.42. The van der Waals surface area contributed by atoms with Crippen LogP contribution in [-0.2, 0) is 14.4 Å². The molecule has 27 heavy (non-hydrogen) atoms. The smallest absolute Gasteiger partial charge is 0.331 e. The van der Waals surface area contributed by atoms with Crippen LogP contribution >= 0.6 is 0 Å². The maximum absolute atomic E-state index is 12.4. The molecule has 1 aliphatic heterocycles.